The second-order valence-corrected chi connectivity index (χ2v) is 6.62. The highest BCUT2D eigenvalue weighted by Crippen LogP contribution is 2.34. The predicted molar refractivity (Wildman–Crippen MR) is 98.3 cm³/mol. The van der Waals surface area contributed by atoms with Crippen molar-refractivity contribution >= 4 is 34.1 Å². The van der Waals surface area contributed by atoms with Gasteiger partial charge in [-0.15, -0.1) is 10.2 Å². The smallest absolute Gasteiger partial charge is 0.133 e. The van der Waals surface area contributed by atoms with Crippen molar-refractivity contribution in [2.75, 3.05) is 0 Å². The molecule has 5 heteroatoms. The van der Waals surface area contributed by atoms with Crippen molar-refractivity contribution in [3.63, 3.8) is 0 Å². The van der Waals surface area contributed by atoms with Crippen LogP contribution in [0.1, 0.15) is 0 Å². The number of hydrogen-bond donors (Lipinski definition) is 0. The molecule has 2 heterocycles. The highest BCUT2D eigenvalue weighted by Gasteiger charge is 2.12. The Hall–Kier alpha value is -2.43. The number of fused-ring (bicyclic) bond motifs is 1. The molecule has 0 aliphatic rings. The maximum atomic E-state index is 5.99. The van der Waals surface area contributed by atoms with Crippen molar-refractivity contribution in [1.29, 1.82) is 0 Å². The van der Waals surface area contributed by atoms with Crippen LogP contribution in [0, 0.1) is 0 Å². The molecule has 3 nitrogen and oxygen atoms in total. The summed E-state index contributed by atoms with van der Waals surface area (Å²) in [7, 11) is 0. The van der Waals surface area contributed by atoms with Crippen LogP contribution < -0.4 is 0 Å². The van der Waals surface area contributed by atoms with Crippen molar-refractivity contribution in [1.82, 2.24) is 15.2 Å². The van der Waals surface area contributed by atoms with E-state index in [-0.39, 0.29) is 0 Å². The lowest BCUT2D eigenvalue weighted by Crippen LogP contribution is -1.93. The van der Waals surface area contributed by atoms with Gasteiger partial charge >= 0.3 is 0 Å². The molecule has 0 aliphatic carbocycles. The van der Waals surface area contributed by atoms with E-state index in [4.69, 9.17) is 11.6 Å². The fourth-order valence-corrected chi connectivity index (χ4v) is 3.44. The topological polar surface area (TPSA) is 38.7 Å². The minimum absolute atomic E-state index is 0.707. The van der Waals surface area contributed by atoms with Gasteiger partial charge < -0.3 is 0 Å². The molecule has 116 valence electrons. The van der Waals surface area contributed by atoms with E-state index in [9.17, 15) is 0 Å². The molecule has 4 aromatic rings. The second kappa shape index (κ2) is 6.59. The summed E-state index contributed by atoms with van der Waals surface area (Å²) in [5.74, 6) is 0. The Morgan fingerprint density at radius 3 is 2.25 bits per heavy atom. The van der Waals surface area contributed by atoms with Gasteiger partial charge in [-0.3, -0.25) is 0 Å². The quantitative estimate of drug-likeness (QED) is 0.489. The summed E-state index contributed by atoms with van der Waals surface area (Å²) in [6.45, 7) is 0. The molecule has 4 rings (SSSR count). The average Bonchev–Trinajstić information content (AvgIpc) is 2.64. The van der Waals surface area contributed by atoms with Gasteiger partial charge in [-0.25, -0.2) is 4.98 Å². The Morgan fingerprint density at radius 2 is 1.50 bits per heavy atom. The lowest BCUT2D eigenvalue weighted by Gasteiger charge is -2.09. The Balaban J connectivity index is 1.84. The van der Waals surface area contributed by atoms with E-state index in [1.165, 1.54) is 11.8 Å². The van der Waals surface area contributed by atoms with E-state index < -0.39 is 0 Å². The van der Waals surface area contributed by atoms with Crippen LogP contribution >= 0.6 is 23.4 Å². The molecule has 0 N–H and O–H groups in total. The highest BCUT2D eigenvalue weighted by molar-refractivity contribution is 7.99. The fourth-order valence-electron chi connectivity index (χ4n) is 2.48. The molecule has 0 amide bonds. The largest absolute Gasteiger partial charge is 0.250 e. The van der Waals surface area contributed by atoms with Gasteiger partial charge in [0.05, 0.1) is 0 Å². The Morgan fingerprint density at radius 1 is 0.750 bits per heavy atom. The van der Waals surface area contributed by atoms with Crippen LogP contribution in [-0.4, -0.2) is 15.2 Å². The van der Waals surface area contributed by atoms with Gasteiger partial charge in [0.15, 0.2) is 0 Å². The van der Waals surface area contributed by atoms with Crippen LogP contribution in [0.3, 0.4) is 0 Å². The molecule has 0 saturated carbocycles. The van der Waals surface area contributed by atoms with Crippen molar-refractivity contribution in [2.24, 2.45) is 0 Å². The van der Waals surface area contributed by atoms with Crippen LogP contribution in [-0.2, 0) is 0 Å². The van der Waals surface area contributed by atoms with Crippen LogP contribution in [0.5, 0.6) is 0 Å². The van der Waals surface area contributed by atoms with Gasteiger partial charge in [-0.05, 0) is 36.0 Å². The number of hydrogen-bond acceptors (Lipinski definition) is 4. The number of halogens is 1. The lowest BCUT2D eigenvalue weighted by atomic mass is 10.1. The first-order chi connectivity index (χ1) is 11.8. The maximum absolute atomic E-state index is 5.99. The molecule has 2 aromatic heterocycles. The summed E-state index contributed by atoms with van der Waals surface area (Å²) < 4.78 is 0. The van der Waals surface area contributed by atoms with Crippen molar-refractivity contribution in [3.05, 3.63) is 77.9 Å². The highest BCUT2D eigenvalue weighted by atomic mass is 35.5. The Bertz CT molecular complexity index is 988. The minimum Gasteiger partial charge on any atom is -0.250 e. The van der Waals surface area contributed by atoms with E-state index in [0.29, 0.717) is 5.02 Å². The molecule has 0 fully saturated rings. The molecular formula is C19H12ClN3S. The minimum atomic E-state index is 0.707. The Kier molecular flexibility index (Phi) is 4.15. The third-order valence-electron chi connectivity index (χ3n) is 3.61. The zero-order chi connectivity index (χ0) is 16.4. The number of pyridine rings is 1. The molecule has 24 heavy (non-hydrogen) atoms. The fraction of sp³-hybridized carbons (Fsp3) is 0. The normalized spacial score (nSPS) is 10.9. The predicted octanol–water partition coefficient (Wildman–Crippen LogP) is 5.50. The maximum Gasteiger partial charge on any atom is 0.133 e. The van der Waals surface area contributed by atoms with Crippen molar-refractivity contribution < 1.29 is 0 Å². The van der Waals surface area contributed by atoms with Crippen LogP contribution in [0.4, 0.5) is 0 Å². The molecule has 0 bridgehead atoms. The van der Waals surface area contributed by atoms with Crippen molar-refractivity contribution in [2.45, 2.75) is 10.1 Å². The van der Waals surface area contributed by atoms with Crippen molar-refractivity contribution in [3.8, 4) is 11.3 Å². The monoisotopic (exact) mass is 349 g/mol. The molecule has 2 aromatic carbocycles. The first-order valence-electron chi connectivity index (χ1n) is 7.41. The third kappa shape index (κ3) is 2.98. The molecule has 0 spiro atoms. The summed E-state index contributed by atoms with van der Waals surface area (Å²) in [5, 5.41) is 13.5. The Labute approximate surface area is 148 Å². The van der Waals surface area contributed by atoms with Gasteiger partial charge in [-0.1, -0.05) is 54.1 Å². The van der Waals surface area contributed by atoms with Gasteiger partial charge in [0, 0.05) is 27.6 Å². The number of aromatic nitrogens is 3. The lowest BCUT2D eigenvalue weighted by molar-refractivity contribution is 0.958. The molecule has 0 saturated heterocycles. The zero-order valence-electron chi connectivity index (χ0n) is 12.6. The molecule has 0 radical (unpaired) electrons. The molecule has 0 unspecified atom stereocenters. The first-order valence-corrected chi connectivity index (χ1v) is 8.61. The van der Waals surface area contributed by atoms with Gasteiger partial charge in [0.2, 0.25) is 0 Å². The summed E-state index contributed by atoms with van der Waals surface area (Å²) >= 11 is 7.50. The summed E-state index contributed by atoms with van der Waals surface area (Å²) in [6, 6.07) is 21.6. The third-order valence-corrected chi connectivity index (χ3v) is 4.81. The number of nitrogens with zero attached hydrogens (tertiary/aromatic N) is 3. The van der Waals surface area contributed by atoms with Crippen LogP contribution in [0.25, 0.3) is 22.0 Å². The first kappa shape index (κ1) is 15.1. The zero-order valence-corrected chi connectivity index (χ0v) is 14.1. The van der Waals surface area contributed by atoms with E-state index in [1.807, 2.05) is 54.6 Å². The van der Waals surface area contributed by atoms with E-state index in [1.54, 1.807) is 6.20 Å². The standard InChI is InChI=1S/C19H12ClN3S/c20-14-10-8-13(9-11-14)18-15-5-1-2-6-16(15)19(23-22-18)24-17-7-3-4-12-21-17/h1-12H. The van der Waals surface area contributed by atoms with Gasteiger partial charge in [-0.2, -0.15) is 0 Å². The molecular weight excluding hydrogens is 338 g/mol. The van der Waals surface area contributed by atoms with Crippen LogP contribution in [0.15, 0.2) is 83.0 Å². The SMILES string of the molecule is Clc1ccc(-c2nnc(Sc3ccccn3)c3ccccc23)cc1. The average molecular weight is 350 g/mol. The molecule has 0 atom stereocenters. The van der Waals surface area contributed by atoms with Gasteiger partial charge in [0.1, 0.15) is 15.7 Å². The summed E-state index contributed by atoms with van der Waals surface area (Å²) in [4.78, 5) is 4.35. The van der Waals surface area contributed by atoms with Gasteiger partial charge in [0.25, 0.3) is 0 Å². The summed E-state index contributed by atoms with van der Waals surface area (Å²) in [6.07, 6.45) is 1.78. The van der Waals surface area contributed by atoms with E-state index in [0.717, 1.165) is 32.1 Å². The summed E-state index contributed by atoms with van der Waals surface area (Å²) in [5.41, 5.74) is 1.85. The van der Waals surface area contributed by atoms with E-state index in [2.05, 4.69) is 27.3 Å². The second-order valence-electron chi connectivity index (χ2n) is 5.18. The molecule has 0 aliphatic heterocycles. The number of rotatable bonds is 3. The van der Waals surface area contributed by atoms with Crippen LogP contribution in [0.2, 0.25) is 5.02 Å². The number of benzene rings is 2. The van der Waals surface area contributed by atoms with E-state index >= 15 is 0 Å².